The van der Waals surface area contributed by atoms with E-state index >= 15 is 0 Å². The Balaban J connectivity index is 2.28. The van der Waals surface area contributed by atoms with Gasteiger partial charge in [0, 0.05) is 14.7 Å². The predicted octanol–water partition coefficient (Wildman–Crippen LogP) is 4.31. The first kappa shape index (κ1) is 15.0. The third-order valence-electron chi connectivity index (χ3n) is 2.73. The van der Waals surface area contributed by atoms with Gasteiger partial charge in [0.15, 0.2) is 0 Å². The molecule has 0 bridgehead atoms. The molecule has 0 saturated carbocycles. The smallest absolute Gasteiger partial charge is 0.101 e. The van der Waals surface area contributed by atoms with Crippen molar-refractivity contribution in [1.82, 2.24) is 0 Å². The van der Waals surface area contributed by atoms with Crippen LogP contribution in [0, 0.1) is 11.3 Å². The highest BCUT2D eigenvalue weighted by atomic mass is 32.2. The summed E-state index contributed by atoms with van der Waals surface area (Å²) in [6.45, 7) is 2.14. The van der Waals surface area contributed by atoms with Crippen LogP contribution in [-0.4, -0.2) is 10.9 Å². The fraction of sp³-hybridized carbons (Fsp3) is 0.188. The lowest BCUT2D eigenvalue weighted by atomic mass is 10.2. The normalized spacial score (nSPS) is 10.2. The van der Waals surface area contributed by atoms with Crippen LogP contribution in [0.1, 0.15) is 18.1 Å². The van der Waals surface area contributed by atoms with Crippen LogP contribution in [0.3, 0.4) is 0 Å². The lowest BCUT2D eigenvalue weighted by Crippen LogP contribution is -1.87. The Hall–Kier alpha value is -1.41. The zero-order valence-electron chi connectivity index (χ0n) is 11.2. The van der Waals surface area contributed by atoms with Crippen molar-refractivity contribution in [3.63, 3.8) is 0 Å². The van der Waals surface area contributed by atoms with E-state index in [1.807, 2.05) is 42.5 Å². The Bertz CT molecular complexity index is 617. The first-order valence-electron chi connectivity index (χ1n) is 6.32. The molecule has 4 heteroatoms. The molecule has 2 nitrogen and oxygen atoms in total. The van der Waals surface area contributed by atoms with Crippen molar-refractivity contribution in [2.75, 3.05) is 5.75 Å². The second-order valence-corrected chi connectivity index (χ2v) is 6.50. The Morgan fingerprint density at radius 3 is 2.40 bits per heavy atom. The van der Waals surface area contributed by atoms with Gasteiger partial charge in [0.25, 0.3) is 0 Å². The van der Waals surface area contributed by atoms with Crippen molar-refractivity contribution in [3.8, 4) is 6.07 Å². The average Bonchev–Trinajstić information content (AvgIpc) is 2.49. The monoisotopic (exact) mass is 301 g/mol. The quantitative estimate of drug-likeness (QED) is 0.836. The Labute approximate surface area is 127 Å². The lowest BCUT2D eigenvalue weighted by molar-refractivity contribution is 0.282. The number of aliphatic hydroxyl groups excluding tert-OH is 1. The maximum atomic E-state index is 9.38. The van der Waals surface area contributed by atoms with Crippen LogP contribution in [0.4, 0.5) is 0 Å². The first-order chi connectivity index (χ1) is 9.78. The SMILES string of the molecule is CCSc1cccc(Sc2ccc(CO)cc2)c1C#N. The Morgan fingerprint density at radius 1 is 1.10 bits per heavy atom. The molecule has 0 atom stereocenters. The number of nitriles is 1. The van der Waals surface area contributed by atoms with Gasteiger partial charge in [-0.2, -0.15) is 5.26 Å². The van der Waals surface area contributed by atoms with Crippen molar-refractivity contribution in [2.24, 2.45) is 0 Å². The third-order valence-corrected chi connectivity index (χ3v) is 4.74. The molecule has 0 aliphatic rings. The summed E-state index contributed by atoms with van der Waals surface area (Å²) in [6, 6.07) is 16.0. The maximum Gasteiger partial charge on any atom is 0.101 e. The fourth-order valence-electron chi connectivity index (χ4n) is 1.77. The van der Waals surface area contributed by atoms with Gasteiger partial charge in [-0.15, -0.1) is 11.8 Å². The van der Waals surface area contributed by atoms with E-state index in [9.17, 15) is 5.26 Å². The van der Waals surface area contributed by atoms with Gasteiger partial charge in [-0.05, 0) is 35.6 Å². The summed E-state index contributed by atoms with van der Waals surface area (Å²) in [5.74, 6) is 0.952. The molecule has 2 aromatic carbocycles. The highest BCUT2D eigenvalue weighted by Crippen LogP contribution is 2.35. The van der Waals surface area contributed by atoms with Crippen LogP contribution in [-0.2, 0) is 6.61 Å². The molecule has 20 heavy (non-hydrogen) atoms. The molecule has 0 saturated heterocycles. The molecule has 0 fully saturated rings. The van der Waals surface area contributed by atoms with Crippen LogP contribution < -0.4 is 0 Å². The molecule has 2 rings (SSSR count). The van der Waals surface area contributed by atoms with Gasteiger partial charge < -0.3 is 5.11 Å². The zero-order valence-corrected chi connectivity index (χ0v) is 12.8. The first-order valence-corrected chi connectivity index (χ1v) is 8.12. The molecular formula is C16H15NOS2. The number of nitrogens with zero attached hydrogens (tertiary/aromatic N) is 1. The Morgan fingerprint density at radius 2 is 1.80 bits per heavy atom. The van der Waals surface area contributed by atoms with Gasteiger partial charge in [0.05, 0.1) is 12.2 Å². The van der Waals surface area contributed by atoms with E-state index in [0.29, 0.717) is 0 Å². The van der Waals surface area contributed by atoms with Crippen LogP contribution >= 0.6 is 23.5 Å². The van der Waals surface area contributed by atoms with Crippen LogP contribution in [0.25, 0.3) is 0 Å². The highest BCUT2D eigenvalue weighted by Gasteiger charge is 2.09. The second-order valence-electron chi connectivity index (χ2n) is 4.08. The number of thioether (sulfide) groups is 1. The highest BCUT2D eigenvalue weighted by molar-refractivity contribution is 8.00. The molecule has 2 aromatic rings. The lowest BCUT2D eigenvalue weighted by Gasteiger charge is -2.08. The van der Waals surface area contributed by atoms with E-state index < -0.39 is 0 Å². The van der Waals surface area contributed by atoms with Crippen molar-refractivity contribution in [1.29, 1.82) is 5.26 Å². The summed E-state index contributed by atoms with van der Waals surface area (Å²) >= 11 is 3.27. The van der Waals surface area contributed by atoms with Gasteiger partial charge in [-0.3, -0.25) is 0 Å². The molecular weight excluding hydrogens is 286 g/mol. The largest absolute Gasteiger partial charge is 0.392 e. The number of benzene rings is 2. The molecule has 102 valence electrons. The fourth-order valence-corrected chi connectivity index (χ4v) is 3.55. The minimum absolute atomic E-state index is 0.0526. The molecule has 0 aliphatic carbocycles. The number of hydrogen-bond acceptors (Lipinski definition) is 4. The third kappa shape index (κ3) is 3.57. The summed E-state index contributed by atoms with van der Waals surface area (Å²) in [6.07, 6.45) is 0. The number of rotatable bonds is 5. The van der Waals surface area contributed by atoms with E-state index in [-0.39, 0.29) is 6.61 Å². The number of hydrogen-bond donors (Lipinski definition) is 1. The summed E-state index contributed by atoms with van der Waals surface area (Å²) in [7, 11) is 0. The summed E-state index contributed by atoms with van der Waals surface area (Å²) in [5, 5.41) is 18.4. The van der Waals surface area contributed by atoms with Gasteiger partial charge in [0.1, 0.15) is 6.07 Å². The average molecular weight is 301 g/mol. The summed E-state index contributed by atoms with van der Waals surface area (Å²) in [4.78, 5) is 3.08. The van der Waals surface area contributed by atoms with E-state index in [0.717, 1.165) is 31.6 Å². The van der Waals surface area contributed by atoms with Gasteiger partial charge in [-0.1, -0.05) is 36.9 Å². The molecule has 0 unspecified atom stereocenters. The van der Waals surface area contributed by atoms with E-state index in [1.54, 1.807) is 23.5 Å². The van der Waals surface area contributed by atoms with Gasteiger partial charge in [-0.25, -0.2) is 0 Å². The van der Waals surface area contributed by atoms with Crippen molar-refractivity contribution in [2.45, 2.75) is 28.2 Å². The van der Waals surface area contributed by atoms with E-state index in [1.165, 1.54) is 0 Å². The molecule has 0 amide bonds. The molecule has 0 radical (unpaired) electrons. The topological polar surface area (TPSA) is 44.0 Å². The van der Waals surface area contributed by atoms with Crippen molar-refractivity contribution >= 4 is 23.5 Å². The predicted molar refractivity (Wildman–Crippen MR) is 84.0 cm³/mol. The maximum absolute atomic E-state index is 9.38. The zero-order chi connectivity index (χ0) is 14.4. The Kier molecular flexibility index (Phi) is 5.54. The van der Waals surface area contributed by atoms with Crippen LogP contribution in [0.5, 0.6) is 0 Å². The van der Waals surface area contributed by atoms with Crippen molar-refractivity contribution < 1.29 is 5.11 Å². The molecule has 0 heterocycles. The van der Waals surface area contributed by atoms with Gasteiger partial charge >= 0.3 is 0 Å². The second kappa shape index (κ2) is 7.39. The van der Waals surface area contributed by atoms with E-state index in [4.69, 9.17) is 5.11 Å². The minimum atomic E-state index is 0.0526. The summed E-state index contributed by atoms with van der Waals surface area (Å²) in [5.41, 5.74) is 1.64. The van der Waals surface area contributed by atoms with Crippen LogP contribution in [0.15, 0.2) is 57.2 Å². The molecule has 0 spiro atoms. The molecule has 0 aromatic heterocycles. The van der Waals surface area contributed by atoms with Crippen LogP contribution in [0.2, 0.25) is 0 Å². The number of aliphatic hydroxyl groups is 1. The minimum Gasteiger partial charge on any atom is -0.392 e. The van der Waals surface area contributed by atoms with Crippen molar-refractivity contribution in [3.05, 3.63) is 53.6 Å². The summed E-state index contributed by atoms with van der Waals surface area (Å²) < 4.78 is 0. The molecule has 1 N–H and O–H groups in total. The standard InChI is InChI=1S/C16H15NOS2/c1-2-19-15-4-3-5-16(14(15)10-17)20-13-8-6-12(11-18)7-9-13/h3-9,18H,2,11H2,1H3. The van der Waals surface area contributed by atoms with E-state index in [2.05, 4.69) is 13.0 Å². The molecule has 0 aliphatic heterocycles. The van der Waals surface area contributed by atoms with Gasteiger partial charge in [0.2, 0.25) is 0 Å².